The third-order valence-electron chi connectivity index (χ3n) is 1.96. The lowest BCUT2D eigenvalue weighted by molar-refractivity contribution is 0.576. The van der Waals surface area contributed by atoms with Gasteiger partial charge in [-0.25, -0.2) is 26.7 Å². The van der Waals surface area contributed by atoms with Gasteiger partial charge in [-0.05, 0) is 18.1 Å². The van der Waals surface area contributed by atoms with Crippen LogP contribution in [-0.4, -0.2) is 23.4 Å². The fourth-order valence-electron chi connectivity index (χ4n) is 1.32. The van der Waals surface area contributed by atoms with Crippen molar-refractivity contribution in [2.24, 2.45) is 5.14 Å². The molecule has 2 heterocycles. The van der Waals surface area contributed by atoms with Crippen molar-refractivity contribution < 1.29 is 16.8 Å². The van der Waals surface area contributed by atoms with E-state index in [1.807, 2.05) is 13.8 Å². The van der Waals surface area contributed by atoms with Gasteiger partial charge in [0.25, 0.3) is 0 Å². The predicted octanol–water partition coefficient (Wildman–Crippen LogP) is 0.256. The van der Waals surface area contributed by atoms with Gasteiger partial charge in [-0.2, -0.15) is 0 Å². The minimum atomic E-state index is -3.82. The maximum absolute atomic E-state index is 11.5. The van der Waals surface area contributed by atoms with Crippen LogP contribution in [0.2, 0.25) is 0 Å². The molecular weight excluding hydrogens is 284 g/mol. The summed E-state index contributed by atoms with van der Waals surface area (Å²) in [5.41, 5.74) is 0.516. The average molecular weight is 298 g/mol. The molecule has 0 saturated carbocycles. The SMILES string of the molecule is CC.NS(=O)(=O)c1cc2c(s1)S(=O)(=O)NCC2. The van der Waals surface area contributed by atoms with Crippen molar-refractivity contribution in [1.82, 2.24) is 4.72 Å². The predicted molar refractivity (Wildman–Crippen MR) is 65.9 cm³/mol. The molecule has 6 nitrogen and oxygen atoms in total. The van der Waals surface area contributed by atoms with Crippen LogP contribution in [0.4, 0.5) is 0 Å². The smallest absolute Gasteiger partial charge is 0.224 e. The fraction of sp³-hybridized carbons (Fsp3) is 0.500. The molecule has 0 aromatic carbocycles. The number of thiophene rings is 1. The lowest BCUT2D eigenvalue weighted by atomic mass is 10.2. The number of hydrogen-bond donors (Lipinski definition) is 2. The van der Waals surface area contributed by atoms with Gasteiger partial charge in [0, 0.05) is 6.54 Å². The van der Waals surface area contributed by atoms with Gasteiger partial charge < -0.3 is 0 Å². The maximum atomic E-state index is 11.5. The van der Waals surface area contributed by atoms with Gasteiger partial charge in [0.15, 0.2) is 0 Å². The monoisotopic (exact) mass is 298 g/mol. The summed E-state index contributed by atoms with van der Waals surface area (Å²) in [6.07, 6.45) is 0.487. The zero-order valence-electron chi connectivity index (χ0n) is 9.43. The van der Waals surface area contributed by atoms with Crippen molar-refractivity contribution in [2.45, 2.75) is 28.7 Å². The van der Waals surface area contributed by atoms with Gasteiger partial charge in [-0.1, -0.05) is 13.8 Å². The van der Waals surface area contributed by atoms with Crippen LogP contribution in [0.3, 0.4) is 0 Å². The Morgan fingerprint density at radius 3 is 2.47 bits per heavy atom. The Bertz CT molecular complexity index is 601. The highest BCUT2D eigenvalue weighted by molar-refractivity contribution is 7.94. The molecule has 1 aromatic rings. The Labute approximate surface area is 105 Å². The zero-order valence-corrected chi connectivity index (χ0v) is 11.9. The number of fused-ring (bicyclic) bond motifs is 1. The molecule has 0 unspecified atom stereocenters. The van der Waals surface area contributed by atoms with Gasteiger partial charge in [-0.3, -0.25) is 0 Å². The van der Waals surface area contributed by atoms with Crippen molar-refractivity contribution in [3.05, 3.63) is 11.6 Å². The summed E-state index contributed by atoms with van der Waals surface area (Å²) in [5, 5.41) is 4.92. The van der Waals surface area contributed by atoms with Crippen LogP contribution in [0.1, 0.15) is 19.4 Å². The molecule has 1 aromatic heterocycles. The Morgan fingerprint density at radius 1 is 1.41 bits per heavy atom. The first kappa shape index (κ1) is 14.6. The van der Waals surface area contributed by atoms with E-state index in [1.54, 1.807) is 0 Å². The molecule has 0 saturated heterocycles. The summed E-state index contributed by atoms with van der Waals surface area (Å²) >= 11 is 0.686. The highest BCUT2D eigenvalue weighted by Gasteiger charge is 2.28. The fourth-order valence-corrected chi connectivity index (χ4v) is 5.06. The summed E-state index contributed by atoms with van der Waals surface area (Å²) in [6.45, 7) is 4.29. The minimum absolute atomic E-state index is 0.0535. The zero-order chi connectivity index (χ0) is 13.3. The second-order valence-electron chi connectivity index (χ2n) is 3.07. The van der Waals surface area contributed by atoms with E-state index in [0.717, 1.165) is 0 Å². The van der Waals surface area contributed by atoms with E-state index in [4.69, 9.17) is 5.14 Å². The van der Waals surface area contributed by atoms with Crippen LogP contribution in [0.15, 0.2) is 14.5 Å². The average Bonchev–Trinajstić information content (AvgIpc) is 2.65. The molecular formula is C8H14N2O4S3. The quantitative estimate of drug-likeness (QED) is 0.775. The normalized spacial score (nSPS) is 17.8. The van der Waals surface area contributed by atoms with Gasteiger partial charge in [0.05, 0.1) is 0 Å². The molecule has 9 heteroatoms. The molecule has 0 radical (unpaired) electrons. The number of rotatable bonds is 1. The highest BCUT2D eigenvalue weighted by Crippen LogP contribution is 2.31. The van der Waals surface area contributed by atoms with Crippen molar-refractivity contribution in [2.75, 3.05) is 6.54 Å². The Kier molecular flexibility index (Phi) is 4.31. The third kappa shape index (κ3) is 3.05. The molecule has 3 N–H and O–H groups in total. The summed E-state index contributed by atoms with van der Waals surface area (Å²) in [4.78, 5) is 0. The molecule has 0 amide bonds. The lowest BCUT2D eigenvalue weighted by Gasteiger charge is -2.11. The summed E-state index contributed by atoms with van der Waals surface area (Å²) in [5.74, 6) is 0. The van der Waals surface area contributed by atoms with Crippen LogP contribution in [0.25, 0.3) is 0 Å². The van der Waals surface area contributed by atoms with E-state index >= 15 is 0 Å². The lowest BCUT2D eigenvalue weighted by Crippen LogP contribution is -2.30. The Morgan fingerprint density at radius 2 is 2.00 bits per heavy atom. The first-order valence-corrected chi connectivity index (χ1v) is 8.80. The van der Waals surface area contributed by atoms with Crippen molar-refractivity contribution >= 4 is 31.4 Å². The topological polar surface area (TPSA) is 106 Å². The van der Waals surface area contributed by atoms with Gasteiger partial charge in [0.1, 0.15) is 8.42 Å². The molecule has 0 aliphatic carbocycles. The van der Waals surface area contributed by atoms with Crippen molar-refractivity contribution in [1.29, 1.82) is 0 Å². The summed E-state index contributed by atoms with van der Waals surface area (Å²) < 4.78 is 47.3. The molecule has 1 aliphatic heterocycles. The van der Waals surface area contributed by atoms with Crippen LogP contribution < -0.4 is 9.86 Å². The van der Waals surface area contributed by atoms with Gasteiger partial charge in [0.2, 0.25) is 20.0 Å². The van der Waals surface area contributed by atoms with E-state index in [0.29, 0.717) is 23.3 Å². The van der Waals surface area contributed by atoms with Gasteiger partial charge in [-0.15, -0.1) is 11.3 Å². The highest BCUT2D eigenvalue weighted by atomic mass is 32.3. The number of nitrogens with two attached hydrogens (primary N) is 1. The summed E-state index contributed by atoms with van der Waals surface area (Å²) in [7, 11) is -7.35. The molecule has 98 valence electrons. The standard InChI is InChI=1S/C6H8N2O4S3.C2H6/c7-14(9,10)5-3-4-1-2-8-15(11,12)6(4)13-5;1-2/h3,8H,1-2H2,(H2,7,9,10);1-2H3. The molecule has 2 rings (SSSR count). The molecule has 1 aliphatic rings. The number of hydrogen-bond acceptors (Lipinski definition) is 5. The van der Waals surface area contributed by atoms with Crippen LogP contribution in [0, 0.1) is 0 Å². The maximum Gasteiger partial charge on any atom is 0.250 e. The van der Waals surface area contributed by atoms with E-state index in [9.17, 15) is 16.8 Å². The molecule has 0 fully saturated rings. The van der Waals surface area contributed by atoms with E-state index < -0.39 is 20.0 Å². The number of sulfonamides is 2. The van der Waals surface area contributed by atoms with Gasteiger partial charge >= 0.3 is 0 Å². The number of primary sulfonamides is 1. The van der Waals surface area contributed by atoms with E-state index in [-0.39, 0.29) is 15.0 Å². The third-order valence-corrected chi connectivity index (χ3v) is 6.59. The largest absolute Gasteiger partial charge is 0.250 e. The second kappa shape index (κ2) is 5.02. The Balaban J connectivity index is 0.000000686. The Hall–Kier alpha value is -0.480. The molecule has 0 bridgehead atoms. The van der Waals surface area contributed by atoms with Crippen molar-refractivity contribution in [3.8, 4) is 0 Å². The van der Waals surface area contributed by atoms with E-state index in [2.05, 4.69) is 4.72 Å². The van der Waals surface area contributed by atoms with E-state index in [1.165, 1.54) is 6.07 Å². The second-order valence-corrected chi connectivity index (χ2v) is 7.87. The first-order chi connectivity index (χ1) is 7.81. The molecule has 0 atom stereocenters. The summed E-state index contributed by atoms with van der Waals surface area (Å²) in [6, 6.07) is 1.33. The van der Waals surface area contributed by atoms with Crippen LogP contribution in [-0.2, 0) is 26.5 Å². The van der Waals surface area contributed by atoms with Crippen LogP contribution in [0.5, 0.6) is 0 Å². The molecule has 17 heavy (non-hydrogen) atoms. The first-order valence-electron chi connectivity index (χ1n) is 4.96. The minimum Gasteiger partial charge on any atom is -0.224 e. The van der Waals surface area contributed by atoms with Crippen LogP contribution >= 0.6 is 11.3 Å². The number of nitrogens with one attached hydrogen (secondary N) is 1. The molecule has 0 spiro atoms. The van der Waals surface area contributed by atoms with Crippen molar-refractivity contribution in [3.63, 3.8) is 0 Å².